The van der Waals surface area contributed by atoms with Gasteiger partial charge in [0.15, 0.2) is 0 Å². The van der Waals surface area contributed by atoms with Crippen LogP contribution in [0.3, 0.4) is 0 Å². The van der Waals surface area contributed by atoms with Gasteiger partial charge in [-0.05, 0) is 24.0 Å². The number of hydrogen-bond acceptors (Lipinski definition) is 2. The van der Waals surface area contributed by atoms with E-state index in [9.17, 15) is 0 Å². The fraction of sp³-hybridized carbons (Fsp3) is 0.500. The van der Waals surface area contributed by atoms with E-state index in [1.807, 2.05) is 0 Å². The van der Waals surface area contributed by atoms with Crippen LogP contribution < -0.4 is 10.5 Å². The van der Waals surface area contributed by atoms with Crippen molar-refractivity contribution in [2.24, 2.45) is 11.7 Å². The van der Waals surface area contributed by atoms with Crippen LogP contribution >= 0.6 is 23.2 Å². The van der Waals surface area contributed by atoms with E-state index in [1.54, 1.807) is 19.2 Å². The highest BCUT2D eigenvalue weighted by atomic mass is 35.5. The van der Waals surface area contributed by atoms with Crippen molar-refractivity contribution in [3.05, 3.63) is 27.7 Å². The van der Waals surface area contributed by atoms with E-state index < -0.39 is 0 Å². The highest BCUT2D eigenvalue weighted by Crippen LogP contribution is 2.34. The first kappa shape index (κ1) is 13.6. The molecule has 0 saturated carbocycles. The van der Waals surface area contributed by atoms with Crippen LogP contribution in [0.25, 0.3) is 0 Å². The number of rotatable bonds is 4. The van der Waals surface area contributed by atoms with Crippen molar-refractivity contribution in [1.29, 1.82) is 0 Å². The molecule has 0 fully saturated rings. The predicted molar refractivity (Wildman–Crippen MR) is 69.4 cm³/mol. The van der Waals surface area contributed by atoms with Crippen molar-refractivity contribution in [3.63, 3.8) is 0 Å². The van der Waals surface area contributed by atoms with Crippen molar-refractivity contribution in [3.8, 4) is 5.75 Å². The molecule has 0 amide bonds. The Kier molecular flexibility index (Phi) is 4.90. The Hall–Kier alpha value is -0.440. The van der Waals surface area contributed by atoms with Gasteiger partial charge in [-0.1, -0.05) is 37.0 Å². The molecule has 4 heteroatoms. The summed E-state index contributed by atoms with van der Waals surface area (Å²) in [4.78, 5) is 0. The van der Waals surface area contributed by atoms with Crippen LogP contribution in [-0.2, 0) is 0 Å². The van der Waals surface area contributed by atoms with Crippen LogP contribution in [0.2, 0.25) is 10.0 Å². The molecule has 1 aromatic carbocycles. The molecule has 1 rings (SSSR count). The molecule has 0 aliphatic heterocycles. The summed E-state index contributed by atoms with van der Waals surface area (Å²) in [5.74, 6) is 1.10. The van der Waals surface area contributed by atoms with Gasteiger partial charge in [-0.25, -0.2) is 0 Å². The van der Waals surface area contributed by atoms with Crippen LogP contribution in [0.4, 0.5) is 0 Å². The second kappa shape index (κ2) is 5.76. The lowest BCUT2D eigenvalue weighted by atomic mass is 9.98. The lowest BCUT2D eigenvalue weighted by Crippen LogP contribution is -2.13. The molecule has 0 radical (unpaired) electrons. The van der Waals surface area contributed by atoms with E-state index >= 15 is 0 Å². The van der Waals surface area contributed by atoms with E-state index in [1.165, 1.54) is 0 Å². The minimum absolute atomic E-state index is 0.0871. The molecule has 0 bridgehead atoms. The molecule has 1 atom stereocenters. The molecular weight excluding hydrogens is 245 g/mol. The highest BCUT2D eigenvalue weighted by Gasteiger charge is 2.15. The van der Waals surface area contributed by atoms with Crippen LogP contribution in [0, 0.1) is 5.92 Å². The Morgan fingerprint density at radius 3 is 2.38 bits per heavy atom. The standard InChI is InChI=1S/C12H17Cl2NO/c1-7(2)4-11(15)8-5-10(14)12(16-3)6-9(8)13/h5-7,11H,4,15H2,1-3H3. The second-order valence-corrected chi connectivity index (χ2v) is 5.06. The average Bonchev–Trinajstić information content (AvgIpc) is 2.19. The minimum atomic E-state index is -0.0871. The SMILES string of the molecule is COc1cc(Cl)c(C(N)CC(C)C)cc1Cl. The summed E-state index contributed by atoms with van der Waals surface area (Å²) in [6, 6.07) is 3.41. The summed E-state index contributed by atoms with van der Waals surface area (Å²) < 4.78 is 5.08. The molecule has 0 aliphatic carbocycles. The Morgan fingerprint density at radius 2 is 1.88 bits per heavy atom. The van der Waals surface area contributed by atoms with Crippen LogP contribution in [0.1, 0.15) is 31.9 Å². The van der Waals surface area contributed by atoms with E-state index in [0.29, 0.717) is 21.7 Å². The van der Waals surface area contributed by atoms with Gasteiger partial charge in [0, 0.05) is 17.1 Å². The molecule has 16 heavy (non-hydrogen) atoms. The fourth-order valence-electron chi connectivity index (χ4n) is 1.62. The zero-order chi connectivity index (χ0) is 12.3. The van der Waals surface area contributed by atoms with Crippen molar-refractivity contribution < 1.29 is 4.74 Å². The Labute approximate surface area is 107 Å². The van der Waals surface area contributed by atoms with Crippen LogP contribution in [-0.4, -0.2) is 7.11 Å². The monoisotopic (exact) mass is 261 g/mol. The number of ether oxygens (including phenoxy) is 1. The van der Waals surface area contributed by atoms with Gasteiger partial charge < -0.3 is 10.5 Å². The van der Waals surface area contributed by atoms with Gasteiger partial charge in [-0.15, -0.1) is 0 Å². The topological polar surface area (TPSA) is 35.2 Å². The number of hydrogen-bond donors (Lipinski definition) is 1. The summed E-state index contributed by atoms with van der Waals surface area (Å²) in [6.45, 7) is 4.25. The quantitative estimate of drug-likeness (QED) is 0.888. The summed E-state index contributed by atoms with van der Waals surface area (Å²) in [6.07, 6.45) is 0.877. The molecule has 2 N–H and O–H groups in total. The molecule has 0 heterocycles. The highest BCUT2D eigenvalue weighted by molar-refractivity contribution is 6.34. The Morgan fingerprint density at radius 1 is 1.25 bits per heavy atom. The normalized spacial score (nSPS) is 12.9. The van der Waals surface area contributed by atoms with Gasteiger partial charge in [-0.3, -0.25) is 0 Å². The minimum Gasteiger partial charge on any atom is -0.495 e. The van der Waals surface area contributed by atoms with Crippen LogP contribution in [0.15, 0.2) is 12.1 Å². The third-order valence-corrected chi connectivity index (χ3v) is 3.02. The average molecular weight is 262 g/mol. The van der Waals surface area contributed by atoms with Crippen molar-refractivity contribution >= 4 is 23.2 Å². The maximum Gasteiger partial charge on any atom is 0.138 e. The van der Waals surface area contributed by atoms with Crippen LogP contribution in [0.5, 0.6) is 5.75 Å². The van der Waals surface area contributed by atoms with Gasteiger partial charge in [0.25, 0.3) is 0 Å². The van der Waals surface area contributed by atoms with E-state index in [4.69, 9.17) is 33.7 Å². The number of nitrogens with two attached hydrogens (primary N) is 1. The first-order chi connectivity index (χ1) is 7.45. The van der Waals surface area contributed by atoms with Gasteiger partial charge in [0.2, 0.25) is 0 Å². The van der Waals surface area contributed by atoms with Crippen molar-refractivity contribution in [2.75, 3.05) is 7.11 Å². The third kappa shape index (κ3) is 3.27. The van der Waals surface area contributed by atoms with Gasteiger partial charge >= 0.3 is 0 Å². The second-order valence-electron chi connectivity index (χ2n) is 4.24. The summed E-state index contributed by atoms with van der Waals surface area (Å²) >= 11 is 12.2. The number of methoxy groups -OCH3 is 1. The van der Waals surface area contributed by atoms with E-state index in [-0.39, 0.29) is 6.04 Å². The van der Waals surface area contributed by atoms with E-state index in [0.717, 1.165) is 12.0 Å². The Bertz CT molecular complexity index is 366. The molecule has 90 valence electrons. The molecule has 0 spiro atoms. The predicted octanol–water partition coefficient (Wildman–Crippen LogP) is 4.05. The molecule has 0 aromatic heterocycles. The molecule has 1 aromatic rings. The van der Waals surface area contributed by atoms with Gasteiger partial charge in [0.05, 0.1) is 12.1 Å². The zero-order valence-electron chi connectivity index (χ0n) is 9.76. The summed E-state index contributed by atoms with van der Waals surface area (Å²) in [5, 5.41) is 1.15. The molecule has 0 aliphatic rings. The first-order valence-corrected chi connectivity index (χ1v) is 5.99. The smallest absolute Gasteiger partial charge is 0.138 e. The number of halogens is 2. The lowest BCUT2D eigenvalue weighted by Gasteiger charge is -2.17. The molecule has 0 saturated heterocycles. The molecule has 2 nitrogen and oxygen atoms in total. The maximum absolute atomic E-state index is 6.14. The van der Waals surface area contributed by atoms with Crippen molar-refractivity contribution in [1.82, 2.24) is 0 Å². The first-order valence-electron chi connectivity index (χ1n) is 5.24. The summed E-state index contributed by atoms with van der Waals surface area (Å²) in [7, 11) is 1.56. The van der Waals surface area contributed by atoms with Gasteiger partial charge in [0.1, 0.15) is 5.75 Å². The largest absolute Gasteiger partial charge is 0.495 e. The lowest BCUT2D eigenvalue weighted by molar-refractivity contribution is 0.414. The fourth-order valence-corrected chi connectivity index (χ4v) is 2.16. The van der Waals surface area contributed by atoms with Crippen molar-refractivity contribution in [2.45, 2.75) is 26.3 Å². The Balaban J connectivity index is 3.01. The van der Waals surface area contributed by atoms with E-state index in [2.05, 4.69) is 13.8 Å². The van der Waals surface area contributed by atoms with Gasteiger partial charge in [-0.2, -0.15) is 0 Å². The molecular formula is C12H17Cl2NO. The zero-order valence-corrected chi connectivity index (χ0v) is 11.3. The molecule has 1 unspecified atom stereocenters. The third-order valence-electron chi connectivity index (χ3n) is 2.40. The maximum atomic E-state index is 6.14. The number of benzene rings is 1. The summed E-state index contributed by atoms with van der Waals surface area (Å²) in [5.41, 5.74) is 6.95.